The van der Waals surface area contributed by atoms with Crippen LogP contribution < -0.4 is 11.1 Å². The van der Waals surface area contributed by atoms with E-state index in [1.54, 1.807) is 0 Å². The van der Waals surface area contributed by atoms with Gasteiger partial charge in [0.25, 0.3) is 0 Å². The summed E-state index contributed by atoms with van der Waals surface area (Å²) in [5, 5.41) is 12.1. The highest BCUT2D eigenvalue weighted by Gasteiger charge is 2.19. The number of aliphatic hydroxyl groups excluding tert-OH is 1. The van der Waals surface area contributed by atoms with Crippen LogP contribution in [0.2, 0.25) is 0 Å². The highest BCUT2D eigenvalue weighted by Crippen LogP contribution is 2.11. The normalized spacial score (nSPS) is 12.9. The number of rotatable bonds is 5. The van der Waals surface area contributed by atoms with Crippen molar-refractivity contribution in [3.8, 4) is 0 Å². The first-order valence-electron chi connectivity index (χ1n) is 6.52. The molecule has 4 nitrogen and oxygen atoms in total. The number of carbonyl (C=O) groups excluding carboxylic acids is 1. The summed E-state index contributed by atoms with van der Waals surface area (Å²) in [6.45, 7) is 5.24. The summed E-state index contributed by atoms with van der Waals surface area (Å²) in [7, 11) is 0. The molecule has 0 aliphatic rings. The fraction of sp³-hybridized carbons (Fsp3) is 0.500. The van der Waals surface area contributed by atoms with Crippen molar-refractivity contribution in [2.24, 2.45) is 5.73 Å². The molecule has 2 atom stereocenters. The van der Waals surface area contributed by atoms with Crippen LogP contribution in [0.25, 0.3) is 0 Å². The molecule has 114 valence electrons. The van der Waals surface area contributed by atoms with Crippen molar-refractivity contribution in [3.63, 3.8) is 0 Å². The van der Waals surface area contributed by atoms with E-state index in [-0.39, 0.29) is 18.9 Å². The molecule has 0 aliphatic heterocycles. The van der Waals surface area contributed by atoms with Crippen LogP contribution in [0.5, 0.6) is 0 Å². The van der Waals surface area contributed by atoms with Crippen LogP contribution >= 0.6 is 0 Å². The summed E-state index contributed by atoms with van der Waals surface area (Å²) < 4.78 is 26.0. The van der Waals surface area contributed by atoms with Gasteiger partial charge in [0.1, 0.15) is 11.6 Å². The average molecular weight is 288 g/mol. The highest BCUT2D eigenvalue weighted by molar-refractivity contribution is 5.73. The van der Waals surface area contributed by atoms with Crippen molar-refractivity contribution < 1.29 is 18.7 Å². The zero-order chi connectivity index (χ0) is 15.7. The predicted octanol–water partition coefficient (Wildman–Crippen LogP) is 1.36. The van der Waals surface area contributed by atoms with Gasteiger partial charge in [-0.1, -0.05) is 13.8 Å². The van der Waals surface area contributed by atoms with E-state index >= 15 is 0 Å². The lowest BCUT2D eigenvalue weighted by molar-refractivity contribution is -0.120. The Balaban J connectivity index is 0.00000172. The van der Waals surface area contributed by atoms with Gasteiger partial charge in [0.15, 0.2) is 0 Å². The second kappa shape index (κ2) is 9.39. The lowest BCUT2D eigenvalue weighted by atomic mass is 10.0. The van der Waals surface area contributed by atoms with Gasteiger partial charge in [0, 0.05) is 19.5 Å². The number of hydrogen-bond acceptors (Lipinski definition) is 3. The molecular weight excluding hydrogens is 266 g/mol. The van der Waals surface area contributed by atoms with Gasteiger partial charge in [-0.3, -0.25) is 4.79 Å². The molecule has 20 heavy (non-hydrogen) atoms. The smallest absolute Gasteiger partial charge is 0.217 e. The molecule has 4 N–H and O–H groups in total. The van der Waals surface area contributed by atoms with E-state index in [2.05, 4.69) is 5.32 Å². The third-order valence-corrected chi connectivity index (χ3v) is 2.47. The van der Waals surface area contributed by atoms with E-state index in [1.165, 1.54) is 6.92 Å². The van der Waals surface area contributed by atoms with Crippen molar-refractivity contribution in [1.29, 1.82) is 0 Å². The topological polar surface area (TPSA) is 75.3 Å². The SMILES string of the molecule is CC.CC(=O)NC(Cc1cc(F)cc(F)c1)C(O)CN. The molecule has 0 aromatic heterocycles. The van der Waals surface area contributed by atoms with Gasteiger partial charge in [-0.25, -0.2) is 8.78 Å². The van der Waals surface area contributed by atoms with Crippen LogP contribution in [0.3, 0.4) is 0 Å². The summed E-state index contributed by atoms with van der Waals surface area (Å²) in [6.07, 6.45) is -0.868. The van der Waals surface area contributed by atoms with E-state index in [1.807, 2.05) is 13.8 Å². The molecule has 1 aromatic carbocycles. The lowest BCUT2D eigenvalue weighted by Crippen LogP contribution is -2.47. The number of aliphatic hydroxyl groups is 1. The molecule has 6 heteroatoms. The Bertz CT molecular complexity index is 407. The minimum absolute atomic E-state index is 0.0528. The van der Waals surface area contributed by atoms with Crippen LogP contribution in [0.4, 0.5) is 8.78 Å². The standard InChI is InChI=1S/C12H16F2N2O2.C2H6/c1-7(17)16-11(12(18)6-15)4-8-2-9(13)5-10(14)3-8;1-2/h2-3,5,11-12,18H,4,6,15H2,1H3,(H,16,17);1-2H3. The first-order valence-corrected chi connectivity index (χ1v) is 6.52. The lowest BCUT2D eigenvalue weighted by Gasteiger charge is -2.22. The van der Waals surface area contributed by atoms with Crippen LogP contribution in [0.15, 0.2) is 18.2 Å². The Hall–Kier alpha value is -1.53. The zero-order valence-electron chi connectivity index (χ0n) is 12.0. The Morgan fingerprint density at radius 1 is 1.30 bits per heavy atom. The van der Waals surface area contributed by atoms with E-state index in [4.69, 9.17) is 5.73 Å². The number of nitrogens with two attached hydrogens (primary N) is 1. The second-order valence-electron chi connectivity index (χ2n) is 4.09. The molecule has 0 aliphatic carbocycles. The fourth-order valence-corrected chi connectivity index (χ4v) is 1.69. The first kappa shape index (κ1) is 18.5. The number of amides is 1. The maximum atomic E-state index is 13.0. The largest absolute Gasteiger partial charge is 0.390 e. The summed E-state index contributed by atoms with van der Waals surface area (Å²) in [4.78, 5) is 11.0. The van der Waals surface area contributed by atoms with Crippen molar-refractivity contribution in [3.05, 3.63) is 35.4 Å². The summed E-state index contributed by atoms with van der Waals surface area (Å²) in [6, 6.07) is 2.40. The van der Waals surface area contributed by atoms with Gasteiger partial charge < -0.3 is 16.2 Å². The van der Waals surface area contributed by atoms with Crippen LogP contribution in [-0.4, -0.2) is 29.7 Å². The van der Waals surface area contributed by atoms with Crippen LogP contribution in [0.1, 0.15) is 26.3 Å². The van der Waals surface area contributed by atoms with Crippen molar-refractivity contribution >= 4 is 5.91 Å². The zero-order valence-corrected chi connectivity index (χ0v) is 12.0. The molecule has 2 unspecified atom stereocenters. The van der Waals surface area contributed by atoms with Crippen LogP contribution in [0, 0.1) is 11.6 Å². The number of benzene rings is 1. The molecule has 0 bridgehead atoms. The highest BCUT2D eigenvalue weighted by atomic mass is 19.1. The summed E-state index contributed by atoms with van der Waals surface area (Å²) in [5.74, 6) is -1.74. The molecule has 0 spiro atoms. The number of carbonyl (C=O) groups is 1. The van der Waals surface area contributed by atoms with E-state index in [0.717, 1.165) is 18.2 Å². The minimum Gasteiger partial charge on any atom is -0.390 e. The van der Waals surface area contributed by atoms with Gasteiger partial charge in [-0.05, 0) is 24.1 Å². The number of nitrogens with one attached hydrogen (secondary N) is 1. The Morgan fingerprint density at radius 3 is 2.20 bits per heavy atom. The molecule has 0 saturated carbocycles. The Labute approximate surface area is 118 Å². The minimum atomic E-state index is -0.972. The van der Waals surface area contributed by atoms with Crippen molar-refractivity contribution in [2.75, 3.05) is 6.54 Å². The molecule has 0 saturated heterocycles. The Kier molecular flexibility index (Phi) is 8.67. The Morgan fingerprint density at radius 2 is 1.80 bits per heavy atom. The quantitative estimate of drug-likeness (QED) is 0.765. The third-order valence-electron chi connectivity index (χ3n) is 2.47. The van der Waals surface area contributed by atoms with Gasteiger partial charge in [-0.15, -0.1) is 0 Å². The first-order chi connectivity index (χ1) is 9.42. The van der Waals surface area contributed by atoms with Gasteiger partial charge in [0.2, 0.25) is 5.91 Å². The molecule has 1 rings (SSSR count). The maximum Gasteiger partial charge on any atom is 0.217 e. The second-order valence-corrected chi connectivity index (χ2v) is 4.09. The van der Waals surface area contributed by atoms with Gasteiger partial charge in [-0.2, -0.15) is 0 Å². The third kappa shape index (κ3) is 6.58. The van der Waals surface area contributed by atoms with Crippen LogP contribution in [-0.2, 0) is 11.2 Å². The van der Waals surface area contributed by atoms with E-state index < -0.39 is 23.8 Å². The molecule has 0 radical (unpaired) electrons. The van der Waals surface area contributed by atoms with Gasteiger partial charge >= 0.3 is 0 Å². The monoisotopic (exact) mass is 288 g/mol. The maximum absolute atomic E-state index is 13.0. The molecule has 0 fully saturated rings. The van der Waals surface area contributed by atoms with Crippen molar-refractivity contribution in [2.45, 2.75) is 39.3 Å². The van der Waals surface area contributed by atoms with Crippen molar-refractivity contribution in [1.82, 2.24) is 5.32 Å². The van der Waals surface area contributed by atoms with E-state index in [0.29, 0.717) is 5.56 Å². The molecule has 1 aromatic rings. The predicted molar refractivity (Wildman–Crippen MR) is 74.1 cm³/mol. The molecule has 0 heterocycles. The molecule has 1 amide bonds. The number of halogens is 2. The van der Waals surface area contributed by atoms with E-state index in [9.17, 15) is 18.7 Å². The average Bonchev–Trinajstić information content (AvgIpc) is 2.37. The summed E-state index contributed by atoms with van der Waals surface area (Å²) in [5.41, 5.74) is 5.66. The fourth-order valence-electron chi connectivity index (χ4n) is 1.69. The molecular formula is C14H22F2N2O2. The number of hydrogen-bond donors (Lipinski definition) is 3. The van der Waals surface area contributed by atoms with Gasteiger partial charge in [0.05, 0.1) is 12.1 Å². The summed E-state index contributed by atoms with van der Waals surface area (Å²) >= 11 is 0.